The first-order valence-corrected chi connectivity index (χ1v) is 13.0. The molecule has 172 valence electrons. The number of hydrogen-bond acceptors (Lipinski definition) is 8. The first-order valence-electron chi connectivity index (χ1n) is 11.3. The lowest BCUT2D eigenvalue weighted by Gasteiger charge is -2.35. The summed E-state index contributed by atoms with van der Waals surface area (Å²) >= 11 is 3.94. The van der Waals surface area contributed by atoms with Crippen molar-refractivity contribution in [2.24, 2.45) is 11.7 Å². The third-order valence-corrected chi connectivity index (χ3v) is 8.39. The van der Waals surface area contributed by atoms with Gasteiger partial charge in [0, 0.05) is 31.6 Å². The van der Waals surface area contributed by atoms with Gasteiger partial charge in [0.25, 0.3) is 0 Å². The molecule has 0 saturated carbocycles. The number of anilines is 1. The maximum absolute atomic E-state index is 12.0. The number of carbonyl (C=O) groups is 1. The van der Waals surface area contributed by atoms with Crippen molar-refractivity contribution < 1.29 is 4.79 Å². The van der Waals surface area contributed by atoms with Crippen LogP contribution in [-0.4, -0.2) is 61.9 Å². The maximum Gasteiger partial charge on any atom is 0.240 e. The van der Waals surface area contributed by atoms with Gasteiger partial charge < -0.3 is 11.1 Å². The molecule has 0 aliphatic carbocycles. The van der Waals surface area contributed by atoms with Crippen LogP contribution >= 0.6 is 23.7 Å². The van der Waals surface area contributed by atoms with Crippen LogP contribution in [0.2, 0.25) is 0 Å². The third-order valence-electron chi connectivity index (χ3n) is 5.77. The predicted octanol–water partition coefficient (Wildman–Crippen LogP) is 3.68. The molecule has 1 fully saturated rings. The summed E-state index contributed by atoms with van der Waals surface area (Å²) < 4.78 is 3.14. The van der Waals surface area contributed by atoms with Gasteiger partial charge in [-0.25, -0.2) is 14.3 Å². The Morgan fingerprint density at radius 1 is 1.25 bits per heavy atom. The molecule has 7 nitrogen and oxygen atoms in total. The molecule has 1 amide bonds. The number of nitrogens with two attached hydrogens (primary N) is 1. The molecule has 0 bridgehead atoms. The highest BCUT2D eigenvalue weighted by atomic mass is 32.2. The minimum atomic E-state index is -0.478. The van der Waals surface area contributed by atoms with E-state index >= 15 is 0 Å². The van der Waals surface area contributed by atoms with Gasteiger partial charge in [-0.05, 0) is 36.3 Å². The normalized spacial score (nSPS) is 21.2. The molecule has 2 aromatic rings. The molecule has 3 heterocycles. The zero-order valence-electron chi connectivity index (χ0n) is 18.7. The number of piperazine rings is 1. The van der Waals surface area contributed by atoms with Gasteiger partial charge in [0.1, 0.15) is 17.7 Å². The van der Waals surface area contributed by atoms with Gasteiger partial charge >= 0.3 is 0 Å². The molecule has 0 spiro atoms. The van der Waals surface area contributed by atoms with E-state index in [-0.39, 0.29) is 11.8 Å². The SMILES string of the molecule is CC(C)[C@H](Nc1nc(CN2CCN(SC3CCC=CS3)CC2)nc2ccccc12)C(N)=O. The van der Waals surface area contributed by atoms with Crippen LogP contribution in [-0.2, 0) is 11.3 Å². The zero-order chi connectivity index (χ0) is 22.5. The van der Waals surface area contributed by atoms with Crippen molar-refractivity contribution in [3.63, 3.8) is 0 Å². The lowest BCUT2D eigenvalue weighted by molar-refractivity contribution is -0.119. The highest BCUT2D eigenvalue weighted by Gasteiger charge is 2.24. The number of nitrogens with one attached hydrogen (secondary N) is 1. The molecule has 32 heavy (non-hydrogen) atoms. The fourth-order valence-electron chi connectivity index (χ4n) is 3.97. The number of hydrogen-bond donors (Lipinski definition) is 2. The van der Waals surface area contributed by atoms with Crippen LogP contribution in [0.15, 0.2) is 35.7 Å². The molecule has 2 aliphatic heterocycles. The van der Waals surface area contributed by atoms with Crippen LogP contribution in [0.5, 0.6) is 0 Å². The number of benzene rings is 1. The van der Waals surface area contributed by atoms with E-state index in [1.54, 1.807) is 0 Å². The number of allylic oxidation sites excluding steroid dienone is 1. The van der Waals surface area contributed by atoms with Crippen molar-refractivity contribution in [2.75, 3.05) is 31.5 Å². The van der Waals surface area contributed by atoms with Crippen molar-refractivity contribution in [1.29, 1.82) is 0 Å². The van der Waals surface area contributed by atoms with Crippen molar-refractivity contribution in [3.8, 4) is 0 Å². The smallest absolute Gasteiger partial charge is 0.240 e. The van der Waals surface area contributed by atoms with E-state index in [0.717, 1.165) is 42.9 Å². The fourth-order valence-corrected chi connectivity index (χ4v) is 6.37. The zero-order valence-corrected chi connectivity index (χ0v) is 20.4. The first kappa shape index (κ1) is 23.4. The number of amides is 1. The third kappa shape index (κ3) is 5.95. The second-order valence-electron chi connectivity index (χ2n) is 8.60. The van der Waals surface area contributed by atoms with Crippen LogP contribution in [0, 0.1) is 5.92 Å². The van der Waals surface area contributed by atoms with Crippen LogP contribution in [0.1, 0.15) is 32.5 Å². The number of primary amides is 1. The summed E-state index contributed by atoms with van der Waals surface area (Å²) in [6.45, 7) is 8.73. The minimum absolute atomic E-state index is 0.0630. The van der Waals surface area contributed by atoms with Crippen LogP contribution in [0.25, 0.3) is 10.9 Å². The minimum Gasteiger partial charge on any atom is -0.368 e. The van der Waals surface area contributed by atoms with E-state index in [0.29, 0.717) is 16.9 Å². The van der Waals surface area contributed by atoms with Crippen LogP contribution in [0.4, 0.5) is 5.82 Å². The Bertz CT molecular complexity index is 961. The summed E-state index contributed by atoms with van der Waals surface area (Å²) in [6, 6.07) is 7.43. The van der Waals surface area contributed by atoms with Gasteiger partial charge in [-0.1, -0.05) is 44.0 Å². The molecule has 9 heteroatoms. The fraction of sp³-hybridized carbons (Fsp3) is 0.522. The molecule has 3 N–H and O–H groups in total. The quantitative estimate of drug-likeness (QED) is 0.563. The Morgan fingerprint density at radius 3 is 2.72 bits per heavy atom. The predicted molar refractivity (Wildman–Crippen MR) is 135 cm³/mol. The Morgan fingerprint density at radius 2 is 2.03 bits per heavy atom. The largest absolute Gasteiger partial charge is 0.368 e. The molecule has 1 aromatic heterocycles. The topological polar surface area (TPSA) is 87.4 Å². The van der Waals surface area contributed by atoms with Gasteiger partial charge in [0.05, 0.1) is 16.6 Å². The van der Waals surface area contributed by atoms with Gasteiger partial charge in [-0.15, -0.1) is 11.8 Å². The number of rotatable bonds is 8. The first-order chi connectivity index (χ1) is 15.5. The summed E-state index contributed by atoms with van der Waals surface area (Å²) in [6.07, 6.45) is 4.70. The lowest BCUT2D eigenvalue weighted by Crippen LogP contribution is -2.43. The van der Waals surface area contributed by atoms with Crippen molar-refractivity contribution in [3.05, 3.63) is 41.6 Å². The van der Waals surface area contributed by atoms with E-state index < -0.39 is 6.04 Å². The number of fused-ring (bicyclic) bond motifs is 1. The van der Waals surface area contributed by atoms with Crippen molar-refractivity contribution in [1.82, 2.24) is 19.2 Å². The Kier molecular flexibility index (Phi) is 7.93. The van der Waals surface area contributed by atoms with Crippen LogP contribution < -0.4 is 11.1 Å². The molecule has 4 rings (SSSR count). The number of carbonyl (C=O) groups excluding carboxylic acids is 1. The maximum atomic E-state index is 12.0. The summed E-state index contributed by atoms with van der Waals surface area (Å²) in [5.74, 6) is 1.14. The number of aromatic nitrogens is 2. The highest BCUT2D eigenvalue weighted by Crippen LogP contribution is 2.35. The molecule has 1 unspecified atom stereocenters. The number of nitrogens with zero attached hydrogens (tertiary/aromatic N) is 4. The van der Waals surface area contributed by atoms with Crippen molar-refractivity contribution in [2.45, 2.75) is 43.9 Å². The Balaban J connectivity index is 1.43. The standard InChI is InChI=1S/C23H32N6OS2/c1-16(2)21(22(24)30)27-23-17-7-3-4-8-18(17)25-19(26-23)15-28-10-12-29(13-11-28)32-20-9-5-6-14-31-20/h3-4,6-8,14,16,20-21H,5,9-13,15H2,1-2H3,(H2,24,30)(H,25,26,27)/t20?,21-/m0/s1. The summed E-state index contributed by atoms with van der Waals surface area (Å²) in [4.78, 5) is 24.0. The molecule has 2 aliphatic rings. The molecular weight excluding hydrogens is 440 g/mol. The monoisotopic (exact) mass is 472 g/mol. The van der Waals surface area contributed by atoms with Gasteiger partial charge in [0.15, 0.2) is 0 Å². The summed E-state index contributed by atoms with van der Waals surface area (Å²) in [5, 5.41) is 6.43. The number of para-hydroxylation sites is 1. The molecule has 1 aromatic carbocycles. The lowest BCUT2D eigenvalue weighted by atomic mass is 10.0. The summed E-state index contributed by atoms with van der Waals surface area (Å²) in [7, 11) is 0. The molecular formula is C23H32N6OS2. The second kappa shape index (κ2) is 10.9. The van der Waals surface area contributed by atoms with E-state index in [2.05, 4.69) is 26.0 Å². The summed E-state index contributed by atoms with van der Waals surface area (Å²) in [5.41, 5.74) is 6.51. The van der Waals surface area contributed by atoms with Gasteiger partial charge in [-0.3, -0.25) is 9.69 Å². The van der Waals surface area contributed by atoms with E-state index in [9.17, 15) is 4.79 Å². The van der Waals surface area contributed by atoms with Gasteiger partial charge in [0.2, 0.25) is 5.91 Å². The Hall–Kier alpha value is -1.81. The average molecular weight is 473 g/mol. The molecule has 2 atom stereocenters. The Labute approximate surface area is 198 Å². The van der Waals surface area contributed by atoms with E-state index in [4.69, 9.17) is 15.7 Å². The van der Waals surface area contributed by atoms with Crippen molar-refractivity contribution >= 4 is 46.3 Å². The average Bonchev–Trinajstić information content (AvgIpc) is 2.79. The van der Waals surface area contributed by atoms with E-state index in [1.165, 1.54) is 12.8 Å². The molecule has 1 saturated heterocycles. The second-order valence-corrected chi connectivity index (χ2v) is 11.3. The number of thioether (sulfide) groups is 1. The van der Waals surface area contributed by atoms with E-state index in [1.807, 2.05) is 61.8 Å². The van der Waals surface area contributed by atoms with Crippen LogP contribution in [0.3, 0.4) is 0 Å². The highest BCUT2D eigenvalue weighted by molar-refractivity contribution is 8.17. The van der Waals surface area contributed by atoms with Gasteiger partial charge in [-0.2, -0.15) is 0 Å². The molecule has 0 radical (unpaired) electrons.